The van der Waals surface area contributed by atoms with E-state index < -0.39 is 6.61 Å². The Labute approximate surface area is 141 Å². The summed E-state index contributed by atoms with van der Waals surface area (Å²) in [5.41, 5.74) is 6.85. The Morgan fingerprint density at radius 1 is 1.08 bits per heavy atom. The Morgan fingerprint density at radius 2 is 1.75 bits per heavy atom. The first-order valence-electron chi connectivity index (χ1n) is 8.55. The minimum atomic E-state index is -2.84. The molecule has 0 unspecified atom stereocenters. The lowest BCUT2D eigenvalue weighted by Gasteiger charge is -2.42. The molecule has 0 aliphatic carbocycles. The van der Waals surface area contributed by atoms with Crippen molar-refractivity contribution in [2.45, 2.75) is 25.5 Å². The number of anilines is 2. The van der Waals surface area contributed by atoms with Gasteiger partial charge in [0, 0.05) is 57.1 Å². The van der Waals surface area contributed by atoms with Gasteiger partial charge in [-0.05, 0) is 32.0 Å². The minimum Gasteiger partial charge on any atom is -0.433 e. The van der Waals surface area contributed by atoms with Crippen LogP contribution in [0.15, 0.2) is 18.2 Å². The number of nitrogens with two attached hydrogens (primary N) is 1. The molecule has 2 fully saturated rings. The van der Waals surface area contributed by atoms with Crippen LogP contribution >= 0.6 is 0 Å². The number of nitrogens with zero attached hydrogens (tertiary/aromatic N) is 3. The second kappa shape index (κ2) is 7.53. The first kappa shape index (κ1) is 17.2. The van der Waals surface area contributed by atoms with Gasteiger partial charge in [-0.3, -0.25) is 4.90 Å². The lowest BCUT2D eigenvalue weighted by molar-refractivity contribution is -0.0495. The van der Waals surface area contributed by atoms with Gasteiger partial charge in [-0.15, -0.1) is 0 Å². The number of likely N-dealkylation sites (N-methyl/N-ethyl adjacent to an activating group) is 1. The summed E-state index contributed by atoms with van der Waals surface area (Å²) < 4.78 is 30.0. The molecule has 2 heterocycles. The number of nitrogen functional groups attached to an aromatic ring is 1. The number of piperazine rings is 1. The van der Waals surface area contributed by atoms with E-state index in [0.717, 1.165) is 52.1 Å². The topological polar surface area (TPSA) is 45.0 Å². The molecule has 0 aromatic heterocycles. The van der Waals surface area contributed by atoms with Crippen LogP contribution in [0.3, 0.4) is 0 Å². The standard InChI is InChI=1S/C17H26F2N4O/c1-21-8-10-22(11-9-21)14-4-6-23(7-5-14)15-3-2-13(20)12-16(15)24-17(18)19/h2-3,12,14,17H,4-11,20H2,1H3. The number of hydrogen-bond acceptors (Lipinski definition) is 5. The number of rotatable bonds is 4. The van der Waals surface area contributed by atoms with Gasteiger partial charge in [-0.25, -0.2) is 0 Å². The van der Waals surface area contributed by atoms with Crippen LogP contribution in [-0.4, -0.2) is 68.8 Å². The molecule has 2 aliphatic heterocycles. The Kier molecular flexibility index (Phi) is 5.40. The fourth-order valence-electron chi connectivity index (χ4n) is 3.64. The summed E-state index contributed by atoms with van der Waals surface area (Å²) in [6.45, 7) is 3.32. The molecule has 3 rings (SSSR count). The molecule has 2 N–H and O–H groups in total. The number of hydrogen-bond donors (Lipinski definition) is 1. The van der Waals surface area contributed by atoms with E-state index >= 15 is 0 Å². The molecule has 0 amide bonds. The van der Waals surface area contributed by atoms with Crippen molar-refractivity contribution >= 4 is 11.4 Å². The van der Waals surface area contributed by atoms with Crippen LogP contribution in [0.25, 0.3) is 0 Å². The van der Waals surface area contributed by atoms with Crippen molar-refractivity contribution in [3.8, 4) is 5.75 Å². The van der Waals surface area contributed by atoms with E-state index in [-0.39, 0.29) is 5.75 Å². The average molecular weight is 340 g/mol. The molecule has 24 heavy (non-hydrogen) atoms. The van der Waals surface area contributed by atoms with Crippen molar-refractivity contribution in [3.05, 3.63) is 18.2 Å². The zero-order valence-corrected chi connectivity index (χ0v) is 14.1. The highest BCUT2D eigenvalue weighted by molar-refractivity contribution is 5.64. The molecular weight excluding hydrogens is 314 g/mol. The first-order valence-corrected chi connectivity index (χ1v) is 8.55. The lowest BCUT2D eigenvalue weighted by Crippen LogP contribution is -2.52. The quantitative estimate of drug-likeness (QED) is 0.851. The molecule has 1 aromatic carbocycles. The maximum Gasteiger partial charge on any atom is 0.387 e. The lowest BCUT2D eigenvalue weighted by atomic mass is 10.0. The van der Waals surface area contributed by atoms with Gasteiger partial charge in [-0.2, -0.15) is 8.78 Å². The summed E-state index contributed by atoms with van der Waals surface area (Å²) in [5, 5.41) is 0. The SMILES string of the molecule is CN1CCN(C2CCN(c3ccc(N)cc3OC(F)F)CC2)CC1. The van der Waals surface area contributed by atoms with Gasteiger partial charge in [0.25, 0.3) is 0 Å². The largest absolute Gasteiger partial charge is 0.433 e. The van der Waals surface area contributed by atoms with E-state index in [1.54, 1.807) is 12.1 Å². The molecular formula is C17H26F2N4O. The molecule has 5 nitrogen and oxygen atoms in total. The molecule has 0 spiro atoms. The average Bonchev–Trinajstić information content (AvgIpc) is 2.55. The highest BCUT2D eigenvalue weighted by Crippen LogP contribution is 2.34. The van der Waals surface area contributed by atoms with Crippen LogP contribution in [0, 0.1) is 0 Å². The number of benzene rings is 1. The second-order valence-electron chi connectivity index (χ2n) is 6.66. The van der Waals surface area contributed by atoms with Crippen LogP contribution in [0.2, 0.25) is 0 Å². The van der Waals surface area contributed by atoms with Gasteiger partial charge < -0.3 is 20.3 Å². The van der Waals surface area contributed by atoms with Crippen LogP contribution in [0.1, 0.15) is 12.8 Å². The maximum atomic E-state index is 12.6. The zero-order chi connectivity index (χ0) is 17.1. The summed E-state index contributed by atoms with van der Waals surface area (Å²) in [4.78, 5) is 7.05. The second-order valence-corrected chi connectivity index (χ2v) is 6.66. The predicted octanol–water partition coefficient (Wildman–Crippen LogP) is 2.09. The Hall–Kier alpha value is -1.60. The number of halogens is 2. The van der Waals surface area contributed by atoms with E-state index in [4.69, 9.17) is 5.73 Å². The van der Waals surface area contributed by atoms with Crippen LogP contribution in [-0.2, 0) is 0 Å². The number of alkyl halides is 2. The Morgan fingerprint density at radius 3 is 2.38 bits per heavy atom. The van der Waals surface area contributed by atoms with Crippen molar-refractivity contribution in [1.82, 2.24) is 9.80 Å². The fraction of sp³-hybridized carbons (Fsp3) is 0.647. The zero-order valence-electron chi connectivity index (χ0n) is 14.1. The molecule has 0 bridgehead atoms. The van der Waals surface area contributed by atoms with Gasteiger partial charge >= 0.3 is 6.61 Å². The summed E-state index contributed by atoms with van der Waals surface area (Å²) >= 11 is 0. The van der Waals surface area contributed by atoms with Crippen LogP contribution < -0.4 is 15.4 Å². The first-order chi connectivity index (χ1) is 11.5. The summed E-state index contributed by atoms with van der Waals surface area (Å²) in [5.74, 6) is 0.169. The van der Waals surface area contributed by atoms with Crippen molar-refractivity contribution in [1.29, 1.82) is 0 Å². The van der Waals surface area contributed by atoms with Crippen molar-refractivity contribution in [2.24, 2.45) is 0 Å². The van der Waals surface area contributed by atoms with E-state index in [1.807, 2.05) is 0 Å². The smallest absolute Gasteiger partial charge is 0.387 e. The number of piperidine rings is 1. The number of ether oxygens (including phenoxy) is 1. The van der Waals surface area contributed by atoms with Crippen molar-refractivity contribution in [2.75, 3.05) is 56.9 Å². The summed E-state index contributed by atoms with van der Waals surface area (Å²) in [7, 11) is 2.16. The molecule has 7 heteroatoms. The van der Waals surface area contributed by atoms with E-state index in [9.17, 15) is 8.78 Å². The Balaban J connectivity index is 1.62. The molecule has 2 saturated heterocycles. The summed E-state index contributed by atoms with van der Waals surface area (Å²) in [6.07, 6.45) is 2.09. The van der Waals surface area contributed by atoms with Gasteiger partial charge in [-0.1, -0.05) is 0 Å². The molecule has 0 atom stereocenters. The van der Waals surface area contributed by atoms with Gasteiger partial charge in [0.05, 0.1) is 5.69 Å². The van der Waals surface area contributed by atoms with E-state index in [1.165, 1.54) is 6.07 Å². The molecule has 0 radical (unpaired) electrons. The fourth-order valence-corrected chi connectivity index (χ4v) is 3.64. The van der Waals surface area contributed by atoms with Crippen LogP contribution in [0.5, 0.6) is 5.75 Å². The normalized spacial score (nSPS) is 21.4. The van der Waals surface area contributed by atoms with Gasteiger partial charge in [0.2, 0.25) is 0 Å². The third-order valence-electron chi connectivity index (χ3n) is 5.06. The van der Waals surface area contributed by atoms with Crippen LogP contribution in [0.4, 0.5) is 20.2 Å². The predicted molar refractivity (Wildman–Crippen MR) is 91.8 cm³/mol. The highest BCUT2D eigenvalue weighted by Gasteiger charge is 2.28. The molecule has 2 aliphatic rings. The highest BCUT2D eigenvalue weighted by atomic mass is 19.3. The Bertz CT molecular complexity index is 541. The molecule has 134 valence electrons. The third kappa shape index (κ3) is 4.08. The monoisotopic (exact) mass is 340 g/mol. The third-order valence-corrected chi connectivity index (χ3v) is 5.06. The molecule has 1 aromatic rings. The van der Waals surface area contributed by atoms with E-state index in [2.05, 4.69) is 26.5 Å². The van der Waals surface area contributed by atoms with Gasteiger partial charge in [0.15, 0.2) is 5.75 Å². The minimum absolute atomic E-state index is 0.169. The van der Waals surface area contributed by atoms with Gasteiger partial charge in [0.1, 0.15) is 0 Å². The summed E-state index contributed by atoms with van der Waals surface area (Å²) in [6, 6.07) is 5.58. The van der Waals surface area contributed by atoms with Crippen molar-refractivity contribution < 1.29 is 13.5 Å². The van der Waals surface area contributed by atoms with E-state index in [0.29, 0.717) is 17.4 Å². The van der Waals surface area contributed by atoms with Crippen molar-refractivity contribution in [3.63, 3.8) is 0 Å². The maximum absolute atomic E-state index is 12.6. The molecule has 0 saturated carbocycles.